The van der Waals surface area contributed by atoms with Gasteiger partial charge in [-0.1, -0.05) is 6.07 Å². The first-order chi connectivity index (χ1) is 6.25. The summed E-state index contributed by atoms with van der Waals surface area (Å²) in [7, 11) is 0. The normalized spacial score (nSPS) is 10.3. The highest BCUT2D eigenvalue weighted by Crippen LogP contribution is 2.07. The highest BCUT2D eigenvalue weighted by Gasteiger charge is 1.99. The molecule has 1 aromatic heterocycles. The Balaban J connectivity index is 2.46. The van der Waals surface area contributed by atoms with Gasteiger partial charge in [-0.05, 0) is 25.1 Å². The van der Waals surface area contributed by atoms with Crippen molar-refractivity contribution in [2.75, 3.05) is 0 Å². The van der Waals surface area contributed by atoms with Gasteiger partial charge in [0.15, 0.2) is 0 Å². The smallest absolute Gasteiger partial charge is 0.147 e. The van der Waals surface area contributed by atoms with Crippen LogP contribution in [0.25, 0.3) is 5.69 Å². The zero-order valence-electron chi connectivity index (χ0n) is 7.11. The van der Waals surface area contributed by atoms with Gasteiger partial charge in [-0.25, -0.2) is 14.1 Å². The summed E-state index contributed by atoms with van der Waals surface area (Å²) in [6, 6.07) is 6.22. The minimum absolute atomic E-state index is 0.273. The topological polar surface area (TPSA) is 30.7 Å². The molecule has 0 unspecified atom stereocenters. The van der Waals surface area contributed by atoms with Crippen molar-refractivity contribution >= 4 is 0 Å². The second-order valence-corrected chi connectivity index (χ2v) is 2.72. The van der Waals surface area contributed by atoms with Gasteiger partial charge >= 0.3 is 0 Å². The Labute approximate surface area is 74.8 Å². The number of hydrogen-bond acceptors (Lipinski definition) is 2. The highest BCUT2D eigenvalue weighted by molar-refractivity contribution is 5.30. The van der Waals surface area contributed by atoms with Crippen molar-refractivity contribution in [1.82, 2.24) is 14.8 Å². The molecule has 2 rings (SSSR count). The number of benzene rings is 1. The van der Waals surface area contributed by atoms with E-state index in [0.29, 0.717) is 11.5 Å². The predicted octanol–water partition coefficient (Wildman–Crippen LogP) is 1.71. The van der Waals surface area contributed by atoms with Crippen LogP contribution in [0.15, 0.2) is 30.6 Å². The molecule has 0 saturated carbocycles. The van der Waals surface area contributed by atoms with E-state index in [9.17, 15) is 4.39 Å². The van der Waals surface area contributed by atoms with Crippen molar-refractivity contribution in [3.63, 3.8) is 0 Å². The molecular weight excluding hydrogens is 169 g/mol. The van der Waals surface area contributed by atoms with E-state index in [1.807, 2.05) is 0 Å². The molecule has 66 valence electrons. The summed E-state index contributed by atoms with van der Waals surface area (Å²) in [5, 5.41) is 4.06. The maximum Gasteiger partial charge on any atom is 0.147 e. The maximum absolute atomic E-state index is 12.8. The molecule has 0 spiro atoms. The molecule has 1 aromatic carbocycles. The van der Waals surface area contributed by atoms with Gasteiger partial charge in [0.1, 0.15) is 18.0 Å². The van der Waals surface area contributed by atoms with Crippen LogP contribution in [0.1, 0.15) is 5.82 Å². The average Bonchev–Trinajstić information content (AvgIpc) is 2.52. The first-order valence-electron chi connectivity index (χ1n) is 3.90. The van der Waals surface area contributed by atoms with Gasteiger partial charge in [-0.3, -0.25) is 0 Å². The Bertz CT molecular complexity index is 422. The summed E-state index contributed by atoms with van der Waals surface area (Å²) in [4.78, 5) is 3.95. The summed E-state index contributed by atoms with van der Waals surface area (Å²) in [6.45, 7) is 1.79. The van der Waals surface area contributed by atoms with Crippen molar-refractivity contribution in [2.24, 2.45) is 0 Å². The first kappa shape index (κ1) is 7.91. The molecule has 0 amide bonds. The fraction of sp³-hybridized carbons (Fsp3) is 0.111. The predicted molar refractivity (Wildman–Crippen MR) is 46.1 cm³/mol. The van der Waals surface area contributed by atoms with Crippen molar-refractivity contribution in [3.05, 3.63) is 42.2 Å². The molecule has 2 aromatic rings. The van der Waals surface area contributed by atoms with Gasteiger partial charge in [-0.2, -0.15) is 5.10 Å². The molecule has 13 heavy (non-hydrogen) atoms. The van der Waals surface area contributed by atoms with Crippen molar-refractivity contribution in [3.8, 4) is 5.69 Å². The second-order valence-electron chi connectivity index (χ2n) is 2.72. The van der Waals surface area contributed by atoms with E-state index < -0.39 is 0 Å². The van der Waals surface area contributed by atoms with Crippen LogP contribution in [0.5, 0.6) is 0 Å². The van der Waals surface area contributed by atoms with E-state index in [1.165, 1.54) is 12.1 Å². The van der Waals surface area contributed by atoms with Crippen LogP contribution in [0.2, 0.25) is 0 Å². The van der Waals surface area contributed by atoms with Gasteiger partial charge in [-0.15, -0.1) is 0 Å². The lowest BCUT2D eigenvalue weighted by Crippen LogP contribution is -1.94. The highest BCUT2D eigenvalue weighted by atomic mass is 19.1. The standard InChI is InChI=1S/C9H8FN3/c1-7-11-6-13(12-7)9-4-2-3-8(10)5-9/h2-6H,1H3. The zero-order valence-corrected chi connectivity index (χ0v) is 7.11. The molecule has 0 aliphatic heterocycles. The Morgan fingerprint density at radius 1 is 1.38 bits per heavy atom. The van der Waals surface area contributed by atoms with Crippen LogP contribution in [-0.2, 0) is 0 Å². The van der Waals surface area contributed by atoms with E-state index in [2.05, 4.69) is 10.1 Å². The van der Waals surface area contributed by atoms with E-state index in [-0.39, 0.29) is 5.82 Å². The van der Waals surface area contributed by atoms with Crippen LogP contribution in [0.4, 0.5) is 4.39 Å². The quantitative estimate of drug-likeness (QED) is 0.664. The summed E-state index contributed by atoms with van der Waals surface area (Å²) in [5.41, 5.74) is 0.681. The Hall–Kier alpha value is -1.71. The van der Waals surface area contributed by atoms with Gasteiger partial charge in [0.2, 0.25) is 0 Å². The van der Waals surface area contributed by atoms with Gasteiger partial charge < -0.3 is 0 Å². The molecule has 0 saturated heterocycles. The van der Waals surface area contributed by atoms with Crippen LogP contribution in [0, 0.1) is 12.7 Å². The number of hydrogen-bond donors (Lipinski definition) is 0. The molecule has 0 radical (unpaired) electrons. The number of nitrogens with zero attached hydrogens (tertiary/aromatic N) is 3. The number of aryl methyl sites for hydroxylation is 1. The first-order valence-corrected chi connectivity index (χ1v) is 3.90. The lowest BCUT2D eigenvalue weighted by molar-refractivity contribution is 0.625. The second kappa shape index (κ2) is 2.97. The minimum atomic E-state index is -0.273. The van der Waals surface area contributed by atoms with Crippen LogP contribution in [-0.4, -0.2) is 14.8 Å². The third-order valence-electron chi connectivity index (χ3n) is 1.68. The summed E-state index contributed by atoms with van der Waals surface area (Å²) >= 11 is 0. The van der Waals surface area contributed by atoms with Gasteiger partial charge in [0, 0.05) is 0 Å². The van der Waals surface area contributed by atoms with Crippen molar-refractivity contribution in [1.29, 1.82) is 0 Å². The SMILES string of the molecule is Cc1ncn(-c2cccc(F)c2)n1. The molecule has 3 nitrogen and oxygen atoms in total. The minimum Gasteiger partial charge on any atom is -0.221 e. The zero-order chi connectivity index (χ0) is 9.26. The fourth-order valence-corrected chi connectivity index (χ4v) is 1.09. The van der Waals surface area contributed by atoms with Gasteiger partial charge in [0.05, 0.1) is 5.69 Å². The molecule has 0 aliphatic rings. The molecule has 1 heterocycles. The summed E-state index contributed by atoms with van der Waals surface area (Å²) in [6.07, 6.45) is 1.56. The molecule has 4 heteroatoms. The van der Waals surface area contributed by atoms with Crippen molar-refractivity contribution < 1.29 is 4.39 Å². The Kier molecular flexibility index (Phi) is 1.81. The number of rotatable bonds is 1. The van der Waals surface area contributed by atoms with E-state index in [0.717, 1.165) is 0 Å². The van der Waals surface area contributed by atoms with Crippen LogP contribution >= 0.6 is 0 Å². The van der Waals surface area contributed by atoms with Crippen molar-refractivity contribution in [2.45, 2.75) is 6.92 Å². The molecule has 0 bridgehead atoms. The Morgan fingerprint density at radius 3 is 2.85 bits per heavy atom. The average molecular weight is 177 g/mol. The van der Waals surface area contributed by atoms with E-state index >= 15 is 0 Å². The van der Waals surface area contributed by atoms with Crippen LogP contribution in [0.3, 0.4) is 0 Å². The lowest BCUT2D eigenvalue weighted by atomic mass is 10.3. The molecule has 0 aliphatic carbocycles. The summed E-state index contributed by atoms with van der Waals surface area (Å²) in [5.74, 6) is 0.398. The Morgan fingerprint density at radius 2 is 2.23 bits per heavy atom. The molecule has 0 atom stereocenters. The fourth-order valence-electron chi connectivity index (χ4n) is 1.09. The largest absolute Gasteiger partial charge is 0.221 e. The third-order valence-corrected chi connectivity index (χ3v) is 1.68. The number of halogens is 1. The van der Waals surface area contributed by atoms with E-state index in [4.69, 9.17) is 0 Å². The van der Waals surface area contributed by atoms with Gasteiger partial charge in [0.25, 0.3) is 0 Å². The molecular formula is C9H8FN3. The number of aromatic nitrogens is 3. The molecule has 0 N–H and O–H groups in total. The maximum atomic E-state index is 12.8. The third kappa shape index (κ3) is 1.56. The van der Waals surface area contributed by atoms with Crippen LogP contribution < -0.4 is 0 Å². The summed E-state index contributed by atoms with van der Waals surface area (Å²) < 4.78 is 14.3. The lowest BCUT2D eigenvalue weighted by Gasteiger charge is -1.98. The monoisotopic (exact) mass is 177 g/mol. The molecule has 0 fully saturated rings. The van der Waals surface area contributed by atoms with E-state index in [1.54, 1.807) is 30.1 Å².